The van der Waals surface area contributed by atoms with Crippen molar-refractivity contribution in [3.05, 3.63) is 23.0 Å². The molecule has 2 rings (SSSR count). The summed E-state index contributed by atoms with van der Waals surface area (Å²) >= 11 is 0. The summed E-state index contributed by atoms with van der Waals surface area (Å²) in [5.74, 6) is 0.567. The second kappa shape index (κ2) is 7.64. The number of carbonyl (C=O) groups excluding carboxylic acids is 2. The van der Waals surface area contributed by atoms with Crippen LogP contribution in [0.5, 0.6) is 0 Å². The van der Waals surface area contributed by atoms with Crippen molar-refractivity contribution in [2.45, 2.75) is 41.0 Å². The molecule has 6 nitrogen and oxygen atoms in total. The third kappa shape index (κ3) is 4.24. The van der Waals surface area contributed by atoms with E-state index in [4.69, 9.17) is 4.74 Å². The van der Waals surface area contributed by atoms with E-state index in [1.807, 2.05) is 11.8 Å². The van der Waals surface area contributed by atoms with Crippen LogP contribution in [-0.2, 0) is 4.74 Å². The summed E-state index contributed by atoms with van der Waals surface area (Å²) in [6, 6.07) is 1.52. The Morgan fingerprint density at radius 2 is 1.88 bits per heavy atom. The molecule has 1 aliphatic heterocycles. The van der Waals surface area contributed by atoms with E-state index in [0.29, 0.717) is 41.1 Å². The first-order chi connectivity index (χ1) is 11.3. The molecule has 6 heteroatoms. The van der Waals surface area contributed by atoms with Crippen LogP contribution in [0.4, 0.5) is 10.5 Å². The first-order valence-electron chi connectivity index (χ1n) is 8.53. The lowest BCUT2D eigenvalue weighted by Crippen LogP contribution is -2.44. The van der Waals surface area contributed by atoms with Gasteiger partial charge in [-0.25, -0.2) is 9.59 Å². The predicted octanol–water partition coefficient (Wildman–Crippen LogP) is 3.38. The highest BCUT2D eigenvalue weighted by Gasteiger charge is 2.26. The Labute approximate surface area is 143 Å². The molecule has 1 aromatic rings. The monoisotopic (exact) mass is 333 g/mol. The number of esters is 1. The molecule has 0 unspecified atom stereocenters. The smallest absolute Gasteiger partial charge is 0.340 e. The van der Waals surface area contributed by atoms with E-state index in [1.165, 1.54) is 0 Å². The topological polar surface area (TPSA) is 71.5 Å². The third-order valence-electron chi connectivity index (χ3n) is 4.30. The fourth-order valence-corrected chi connectivity index (χ4v) is 3.29. The van der Waals surface area contributed by atoms with Crippen molar-refractivity contribution in [1.82, 2.24) is 9.88 Å². The molecule has 24 heavy (non-hydrogen) atoms. The lowest BCUT2D eigenvalue weighted by atomic mass is 9.92. The number of urea groups is 1. The van der Waals surface area contributed by atoms with Crippen LogP contribution in [0.3, 0.4) is 0 Å². The van der Waals surface area contributed by atoms with Gasteiger partial charge in [0.2, 0.25) is 0 Å². The van der Waals surface area contributed by atoms with Crippen LogP contribution < -0.4 is 5.32 Å². The number of hydrogen-bond acceptors (Lipinski definition) is 4. The van der Waals surface area contributed by atoms with E-state index < -0.39 is 5.97 Å². The quantitative estimate of drug-likeness (QED) is 0.861. The maximum absolute atomic E-state index is 12.6. The zero-order chi connectivity index (χ0) is 17.9. The molecule has 0 spiro atoms. The molecule has 1 N–H and O–H groups in total. The molecule has 2 atom stereocenters. The highest BCUT2D eigenvalue weighted by Crippen LogP contribution is 2.23. The van der Waals surface area contributed by atoms with Gasteiger partial charge in [-0.05, 0) is 45.1 Å². The number of rotatable bonds is 3. The number of carbonyl (C=O) groups is 2. The normalized spacial score (nSPS) is 20.6. The summed E-state index contributed by atoms with van der Waals surface area (Å²) in [5.41, 5.74) is 2.23. The molecule has 132 valence electrons. The Hall–Kier alpha value is -2.11. The van der Waals surface area contributed by atoms with Gasteiger partial charge in [-0.2, -0.15) is 0 Å². The van der Waals surface area contributed by atoms with Crippen LogP contribution in [-0.4, -0.2) is 41.6 Å². The standard InChI is InChI=1S/C18H27N3O3/c1-6-24-17(22)15-8-16(14(5)19-13(15)4)20-18(23)21-9-11(2)7-12(3)10-21/h8,11-12H,6-7,9-10H2,1-5H3,(H,20,23)/t11-,12-/m1/s1. The van der Waals surface area contributed by atoms with E-state index in [9.17, 15) is 9.59 Å². The van der Waals surface area contributed by atoms with Crippen molar-refractivity contribution in [1.29, 1.82) is 0 Å². The van der Waals surface area contributed by atoms with Crippen molar-refractivity contribution in [2.24, 2.45) is 11.8 Å². The van der Waals surface area contributed by atoms with E-state index in [0.717, 1.165) is 19.5 Å². The number of pyridine rings is 1. The van der Waals surface area contributed by atoms with Gasteiger partial charge in [-0.1, -0.05) is 13.8 Å². The summed E-state index contributed by atoms with van der Waals surface area (Å²) in [7, 11) is 0. The Bertz CT molecular complexity index is 620. The molecule has 0 radical (unpaired) electrons. The lowest BCUT2D eigenvalue weighted by molar-refractivity contribution is 0.0525. The van der Waals surface area contributed by atoms with E-state index in [-0.39, 0.29) is 6.03 Å². The number of likely N-dealkylation sites (tertiary alicyclic amines) is 1. The number of anilines is 1. The molecule has 0 aliphatic carbocycles. The summed E-state index contributed by atoms with van der Waals surface area (Å²) < 4.78 is 5.05. The number of nitrogens with one attached hydrogen (secondary N) is 1. The van der Waals surface area contributed by atoms with Crippen molar-refractivity contribution in [3.63, 3.8) is 0 Å². The maximum Gasteiger partial charge on any atom is 0.340 e. The number of piperidine rings is 1. The molecule has 2 amide bonds. The zero-order valence-electron chi connectivity index (χ0n) is 15.2. The minimum Gasteiger partial charge on any atom is -0.462 e. The zero-order valence-corrected chi connectivity index (χ0v) is 15.2. The van der Waals surface area contributed by atoms with E-state index >= 15 is 0 Å². The van der Waals surface area contributed by atoms with Gasteiger partial charge < -0.3 is 15.0 Å². The fraction of sp³-hybridized carbons (Fsp3) is 0.611. The minimum atomic E-state index is -0.418. The second-order valence-corrected chi connectivity index (χ2v) is 6.76. The molecule has 1 saturated heterocycles. The van der Waals surface area contributed by atoms with Gasteiger partial charge in [-0.3, -0.25) is 4.98 Å². The Morgan fingerprint density at radius 3 is 2.46 bits per heavy atom. The highest BCUT2D eigenvalue weighted by atomic mass is 16.5. The summed E-state index contributed by atoms with van der Waals surface area (Å²) in [6.07, 6.45) is 1.14. The number of amides is 2. The van der Waals surface area contributed by atoms with E-state index in [1.54, 1.807) is 19.9 Å². The molecule has 2 heterocycles. The van der Waals surface area contributed by atoms with Crippen LogP contribution in [0.25, 0.3) is 0 Å². The number of nitrogens with zero attached hydrogens (tertiary/aromatic N) is 2. The van der Waals surface area contributed by atoms with Gasteiger partial charge in [0.1, 0.15) is 0 Å². The van der Waals surface area contributed by atoms with Gasteiger partial charge in [0.05, 0.1) is 29.2 Å². The van der Waals surface area contributed by atoms with Crippen LogP contribution in [0.2, 0.25) is 0 Å². The number of aryl methyl sites for hydroxylation is 2. The van der Waals surface area contributed by atoms with Gasteiger partial charge in [0.15, 0.2) is 0 Å². The van der Waals surface area contributed by atoms with Crippen molar-refractivity contribution in [2.75, 3.05) is 25.0 Å². The number of aromatic nitrogens is 1. The van der Waals surface area contributed by atoms with Crippen molar-refractivity contribution < 1.29 is 14.3 Å². The average molecular weight is 333 g/mol. The van der Waals surface area contributed by atoms with Crippen molar-refractivity contribution in [3.8, 4) is 0 Å². The summed E-state index contributed by atoms with van der Waals surface area (Å²) in [4.78, 5) is 30.8. The summed E-state index contributed by atoms with van der Waals surface area (Å²) in [6.45, 7) is 11.5. The second-order valence-electron chi connectivity index (χ2n) is 6.76. The van der Waals surface area contributed by atoms with Gasteiger partial charge >= 0.3 is 12.0 Å². The minimum absolute atomic E-state index is 0.142. The Kier molecular flexibility index (Phi) is 5.80. The van der Waals surface area contributed by atoms with Gasteiger partial charge in [0, 0.05) is 13.1 Å². The molecule has 1 fully saturated rings. The summed E-state index contributed by atoms with van der Waals surface area (Å²) in [5, 5.41) is 2.90. The molecular formula is C18H27N3O3. The van der Waals surface area contributed by atoms with Gasteiger partial charge in [-0.15, -0.1) is 0 Å². The first-order valence-corrected chi connectivity index (χ1v) is 8.53. The SMILES string of the molecule is CCOC(=O)c1cc(NC(=O)N2C[C@H](C)C[C@@H](C)C2)c(C)nc1C. The maximum atomic E-state index is 12.6. The molecule has 0 aromatic carbocycles. The molecule has 1 aliphatic rings. The van der Waals surface area contributed by atoms with Crippen LogP contribution in [0.1, 0.15) is 48.9 Å². The molecular weight excluding hydrogens is 306 g/mol. The Balaban J connectivity index is 2.18. The molecule has 1 aromatic heterocycles. The van der Waals surface area contributed by atoms with Crippen LogP contribution in [0.15, 0.2) is 6.07 Å². The molecule has 0 bridgehead atoms. The van der Waals surface area contributed by atoms with Crippen LogP contribution in [0, 0.1) is 25.7 Å². The van der Waals surface area contributed by atoms with Crippen molar-refractivity contribution >= 4 is 17.7 Å². The largest absolute Gasteiger partial charge is 0.462 e. The predicted molar refractivity (Wildman–Crippen MR) is 93.2 cm³/mol. The molecule has 0 saturated carbocycles. The third-order valence-corrected chi connectivity index (χ3v) is 4.30. The van der Waals surface area contributed by atoms with Crippen LogP contribution >= 0.6 is 0 Å². The highest BCUT2D eigenvalue weighted by molar-refractivity contribution is 5.95. The average Bonchev–Trinajstić information content (AvgIpc) is 2.49. The first kappa shape index (κ1) is 18.2. The fourth-order valence-electron chi connectivity index (χ4n) is 3.29. The Morgan fingerprint density at radius 1 is 1.25 bits per heavy atom. The lowest BCUT2D eigenvalue weighted by Gasteiger charge is -2.35. The number of ether oxygens (including phenoxy) is 1. The van der Waals surface area contributed by atoms with Gasteiger partial charge in [0.25, 0.3) is 0 Å². The van der Waals surface area contributed by atoms with E-state index in [2.05, 4.69) is 24.1 Å². The number of hydrogen-bond donors (Lipinski definition) is 1.